The van der Waals surface area contributed by atoms with Gasteiger partial charge < -0.3 is 19.4 Å². The van der Waals surface area contributed by atoms with Crippen molar-refractivity contribution in [3.05, 3.63) is 46.7 Å². The molecule has 0 saturated heterocycles. The van der Waals surface area contributed by atoms with E-state index in [1.165, 1.54) is 0 Å². The van der Waals surface area contributed by atoms with E-state index in [1.807, 2.05) is 38.1 Å². The first-order chi connectivity index (χ1) is 13.0. The molecule has 0 spiro atoms. The number of hydrogen-bond acceptors (Lipinski definition) is 6. The summed E-state index contributed by atoms with van der Waals surface area (Å²) in [4.78, 5) is 17.9. The predicted octanol–water partition coefficient (Wildman–Crippen LogP) is 4.43. The van der Waals surface area contributed by atoms with Crippen molar-refractivity contribution in [1.29, 1.82) is 0 Å². The summed E-state index contributed by atoms with van der Waals surface area (Å²) in [5.41, 5.74) is 2.78. The molecular weight excluding hydrogens is 346 g/mol. The van der Waals surface area contributed by atoms with E-state index in [2.05, 4.69) is 5.16 Å². The number of methoxy groups -OCH3 is 2. The lowest BCUT2D eigenvalue weighted by molar-refractivity contribution is -0.116. The summed E-state index contributed by atoms with van der Waals surface area (Å²) in [7, 11) is 3.17. The number of hydrogen-bond donors (Lipinski definition) is 1. The van der Waals surface area contributed by atoms with Gasteiger partial charge in [0.2, 0.25) is 0 Å². The molecule has 0 fully saturated rings. The van der Waals surface area contributed by atoms with E-state index < -0.39 is 6.29 Å². The van der Waals surface area contributed by atoms with Crippen LogP contribution in [-0.2, 0) is 19.1 Å². The highest BCUT2D eigenvalue weighted by Crippen LogP contribution is 2.35. The number of oxime groups is 1. The highest BCUT2D eigenvalue weighted by molar-refractivity contribution is 6.23. The summed E-state index contributed by atoms with van der Waals surface area (Å²) >= 11 is 0. The maximum absolute atomic E-state index is 12.7. The zero-order valence-electron chi connectivity index (χ0n) is 16.5. The second-order valence-corrected chi connectivity index (χ2v) is 6.53. The molecule has 0 radical (unpaired) electrons. The molecule has 0 bridgehead atoms. The van der Waals surface area contributed by atoms with Crippen molar-refractivity contribution in [2.75, 3.05) is 20.8 Å². The van der Waals surface area contributed by atoms with Gasteiger partial charge in [0.1, 0.15) is 12.4 Å². The largest absolute Gasteiger partial charge is 0.511 e. The van der Waals surface area contributed by atoms with Gasteiger partial charge in [-0.05, 0) is 24.8 Å². The van der Waals surface area contributed by atoms with Crippen molar-refractivity contribution in [2.24, 2.45) is 5.16 Å². The van der Waals surface area contributed by atoms with Crippen molar-refractivity contribution < 1.29 is 24.2 Å². The van der Waals surface area contributed by atoms with Gasteiger partial charge in [-0.1, -0.05) is 42.8 Å². The Labute approximate surface area is 160 Å². The third-order valence-electron chi connectivity index (χ3n) is 4.63. The summed E-state index contributed by atoms with van der Waals surface area (Å²) in [5.74, 6) is -0.0564. The molecule has 148 valence electrons. The molecule has 6 heteroatoms. The van der Waals surface area contributed by atoms with Crippen molar-refractivity contribution in [3.8, 4) is 0 Å². The Morgan fingerprint density at radius 2 is 1.85 bits per heavy atom. The van der Waals surface area contributed by atoms with Gasteiger partial charge >= 0.3 is 0 Å². The van der Waals surface area contributed by atoms with Crippen LogP contribution >= 0.6 is 0 Å². The monoisotopic (exact) mass is 375 g/mol. The quantitative estimate of drug-likeness (QED) is 0.392. The molecule has 0 aliphatic heterocycles. The molecule has 6 nitrogen and oxygen atoms in total. The lowest BCUT2D eigenvalue weighted by atomic mass is 9.80. The minimum absolute atomic E-state index is 0.0613. The number of nitrogens with zero attached hydrogens (tertiary/aromatic N) is 1. The van der Waals surface area contributed by atoms with Gasteiger partial charge in [0, 0.05) is 32.6 Å². The van der Waals surface area contributed by atoms with E-state index in [4.69, 9.17) is 14.3 Å². The number of rotatable bonds is 9. The molecule has 0 heterocycles. The Hall–Kier alpha value is -2.18. The van der Waals surface area contributed by atoms with Gasteiger partial charge in [-0.15, -0.1) is 0 Å². The summed E-state index contributed by atoms with van der Waals surface area (Å²) in [5, 5.41) is 14.6. The van der Waals surface area contributed by atoms with Crippen LogP contribution in [0.4, 0.5) is 0 Å². The molecule has 1 aliphatic rings. The third-order valence-corrected chi connectivity index (χ3v) is 4.63. The van der Waals surface area contributed by atoms with Crippen LogP contribution in [0.15, 0.2) is 40.8 Å². The number of carbonyl (C=O) groups is 1. The number of ketones is 1. The molecule has 1 unspecified atom stereocenters. The second kappa shape index (κ2) is 10.2. The summed E-state index contributed by atoms with van der Waals surface area (Å²) in [6.45, 7) is 4.26. The fourth-order valence-corrected chi connectivity index (χ4v) is 3.35. The summed E-state index contributed by atoms with van der Waals surface area (Å²) in [6.07, 6.45) is 1.75. The zero-order valence-corrected chi connectivity index (χ0v) is 16.5. The van der Waals surface area contributed by atoms with Crippen LogP contribution in [0.1, 0.15) is 62.9 Å². The number of benzene rings is 1. The SMILES string of the molecule is CCCC(=NOCC)C1=C(O)CC(c2ccc(C(OC)OC)cc2)CC1=O. The number of ether oxygens (including phenoxy) is 2. The van der Waals surface area contributed by atoms with Gasteiger partial charge in [0.25, 0.3) is 0 Å². The Bertz CT molecular complexity index is 689. The maximum Gasteiger partial charge on any atom is 0.183 e. The topological polar surface area (TPSA) is 77.3 Å². The van der Waals surface area contributed by atoms with Crippen molar-refractivity contribution in [3.63, 3.8) is 0 Å². The van der Waals surface area contributed by atoms with Gasteiger partial charge in [-0.2, -0.15) is 0 Å². The Morgan fingerprint density at radius 3 is 2.37 bits per heavy atom. The van der Waals surface area contributed by atoms with E-state index in [9.17, 15) is 9.90 Å². The highest BCUT2D eigenvalue weighted by atomic mass is 16.7. The number of Topliss-reactive ketones (excluding diaryl/α,β-unsaturated/α-hetero) is 1. The van der Waals surface area contributed by atoms with Crippen LogP contribution in [0.5, 0.6) is 0 Å². The Balaban J connectivity index is 2.22. The average molecular weight is 375 g/mol. The van der Waals surface area contributed by atoms with E-state index in [-0.39, 0.29) is 17.5 Å². The number of carbonyl (C=O) groups excluding carboxylic acids is 1. The van der Waals surface area contributed by atoms with Crippen molar-refractivity contribution >= 4 is 11.5 Å². The smallest absolute Gasteiger partial charge is 0.183 e. The molecule has 1 N–H and O–H groups in total. The molecule has 0 amide bonds. The molecule has 1 aliphatic carbocycles. The molecule has 0 saturated carbocycles. The van der Waals surface area contributed by atoms with Crippen molar-refractivity contribution in [2.45, 2.75) is 51.7 Å². The van der Waals surface area contributed by atoms with Crippen LogP contribution in [-0.4, -0.2) is 37.4 Å². The number of aliphatic hydroxyl groups excluding tert-OH is 1. The van der Waals surface area contributed by atoms with Crippen LogP contribution in [0.2, 0.25) is 0 Å². The molecule has 1 aromatic rings. The second-order valence-electron chi connectivity index (χ2n) is 6.53. The predicted molar refractivity (Wildman–Crippen MR) is 104 cm³/mol. The first kappa shape index (κ1) is 21.1. The molecule has 1 aromatic carbocycles. The Kier molecular flexibility index (Phi) is 8.00. The first-order valence-electron chi connectivity index (χ1n) is 9.35. The fraction of sp³-hybridized carbons (Fsp3) is 0.524. The molecule has 1 atom stereocenters. The van der Waals surface area contributed by atoms with Crippen molar-refractivity contribution in [1.82, 2.24) is 0 Å². The van der Waals surface area contributed by atoms with E-state index in [0.29, 0.717) is 37.2 Å². The van der Waals surface area contributed by atoms with Crippen LogP contribution in [0.3, 0.4) is 0 Å². The minimum Gasteiger partial charge on any atom is -0.511 e. The van der Waals surface area contributed by atoms with E-state index >= 15 is 0 Å². The summed E-state index contributed by atoms with van der Waals surface area (Å²) in [6, 6.07) is 7.76. The highest BCUT2D eigenvalue weighted by Gasteiger charge is 2.31. The normalized spacial score (nSPS) is 18.3. The first-order valence-corrected chi connectivity index (χ1v) is 9.35. The van der Waals surface area contributed by atoms with Crippen LogP contribution in [0.25, 0.3) is 0 Å². The van der Waals surface area contributed by atoms with Gasteiger partial charge in [0.05, 0.1) is 11.3 Å². The average Bonchev–Trinajstić information content (AvgIpc) is 2.67. The van der Waals surface area contributed by atoms with E-state index in [0.717, 1.165) is 17.5 Å². The Morgan fingerprint density at radius 1 is 1.19 bits per heavy atom. The van der Waals surface area contributed by atoms with Crippen LogP contribution < -0.4 is 0 Å². The lowest BCUT2D eigenvalue weighted by Gasteiger charge is -2.24. The molecular formula is C21H29NO5. The third kappa shape index (κ3) is 5.17. The minimum atomic E-state index is -0.418. The zero-order chi connectivity index (χ0) is 19.8. The molecule has 2 rings (SSSR count). The standard InChI is InChI=1S/C21H29NO5/c1-5-7-17(22-27-6-2)20-18(23)12-16(13-19(20)24)14-8-10-15(11-9-14)21(25-3)26-4/h8-11,16,21,23H,5-7,12-13H2,1-4H3. The fourth-order valence-electron chi connectivity index (χ4n) is 3.35. The molecule has 0 aromatic heterocycles. The lowest BCUT2D eigenvalue weighted by Crippen LogP contribution is -2.24. The van der Waals surface area contributed by atoms with Gasteiger partial charge in [0.15, 0.2) is 12.1 Å². The number of aliphatic hydroxyl groups is 1. The van der Waals surface area contributed by atoms with E-state index in [1.54, 1.807) is 14.2 Å². The molecule has 27 heavy (non-hydrogen) atoms. The van der Waals surface area contributed by atoms with Crippen LogP contribution in [0, 0.1) is 0 Å². The number of allylic oxidation sites excluding steroid dienone is 2. The van der Waals surface area contributed by atoms with Gasteiger partial charge in [-0.25, -0.2) is 0 Å². The van der Waals surface area contributed by atoms with Gasteiger partial charge in [-0.3, -0.25) is 4.79 Å². The summed E-state index contributed by atoms with van der Waals surface area (Å²) < 4.78 is 10.5. The maximum atomic E-state index is 12.7.